The normalized spacial score (nSPS) is 17.1. The van der Waals surface area contributed by atoms with Crippen LogP contribution in [0.5, 0.6) is 0 Å². The Balaban J connectivity index is 1.66. The second-order valence-electron chi connectivity index (χ2n) is 7.89. The SMILES string of the molecule is CC(C)C(NC(=O)C1CCN(S(=O)(=O)c2cc(F)ccc2F)CC1)c1ccccc1. The summed E-state index contributed by atoms with van der Waals surface area (Å²) < 4.78 is 53.9. The molecule has 1 unspecified atom stereocenters. The minimum atomic E-state index is -4.16. The van der Waals surface area contributed by atoms with E-state index in [9.17, 15) is 22.0 Å². The summed E-state index contributed by atoms with van der Waals surface area (Å²) in [6.07, 6.45) is 0.642. The van der Waals surface area contributed by atoms with Crippen LogP contribution in [0.1, 0.15) is 38.3 Å². The van der Waals surface area contributed by atoms with Gasteiger partial charge in [0.25, 0.3) is 0 Å². The third kappa shape index (κ3) is 4.87. The van der Waals surface area contributed by atoms with Gasteiger partial charge in [0.05, 0.1) is 6.04 Å². The molecule has 1 amide bonds. The van der Waals surface area contributed by atoms with E-state index >= 15 is 0 Å². The zero-order chi connectivity index (χ0) is 21.9. The number of benzene rings is 2. The van der Waals surface area contributed by atoms with E-state index in [2.05, 4.69) is 5.32 Å². The molecule has 0 radical (unpaired) electrons. The highest BCUT2D eigenvalue weighted by Crippen LogP contribution is 2.28. The Morgan fingerprint density at radius 2 is 1.70 bits per heavy atom. The lowest BCUT2D eigenvalue weighted by Gasteiger charge is -2.32. The molecule has 1 N–H and O–H groups in total. The quantitative estimate of drug-likeness (QED) is 0.747. The van der Waals surface area contributed by atoms with Crippen molar-refractivity contribution in [3.63, 3.8) is 0 Å². The molecule has 162 valence electrons. The summed E-state index contributed by atoms with van der Waals surface area (Å²) in [4.78, 5) is 12.2. The predicted octanol–water partition coefficient (Wildman–Crippen LogP) is 3.88. The van der Waals surface area contributed by atoms with Gasteiger partial charge in [0.2, 0.25) is 15.9 Å². The molecule has 0 aromatic heterocycles. The molecule has 8 heteroatoms. The Bertz CT molecular complexity index is 989. The first-order chi connectivity index (χ1) is 14.2. The van der Waals surface area contributed by atoms with Gasteiger partial charge in [-0.25, -0.2) is 17.2 Å². The van der Waals surface area contributed by atoms with Gasteiger partial charge in [0, 0.05) is 19.0 Å². The first-order valence-corrected chi connectivity index (χ1v) is 11.4. The molecule has 3 rings (SSSR count). The average molecular weight is 437 g/mol. The highest BCUT2D eigenvalue weighted by atomic mass is 32.2. The molecule has 2 aromatic rings. The summed E-state index contributed by atoms with van der Waals surface area (Å²) in [6, 6.07) is 11.9. The van der Waals surface area contributed by atoms with Gasteiger partial charge in [-0.2, -0.15) is 4.31 Å². The molecule has 0 saturated carbocycles. The number of nitrogens with zero attached hydrogens (tertiary/aromatic N) is 1. The molecule has 1 saturated heterocycles. The Labute approximate surface area is 176 Å². The van der Waals surface area contributed by atoms with Crippen LogP contribution in [0.3, 0.4) is 0 Å². The Kier molecular flexibility index (Phi) is 6.88. The first-order valence-electron chi connectivity index (χ1n) is 10.0. The third-order valence-corrected chi connectivity index (χ3v) is 7.37. The molecule has 1 aliphatic rings. The third-order valence-electron chi connectivity index (χ3n) is 5.46. The van der Waals surface area contributed by atoms with Crippen LogP contribution < -0.4 is 5.32 Å². The number of piperidine rings is 1. The molecule has 0 aliphatic carbocycles. The summed E-state index contributed by atoms with van der Waals surface area (Å²) in [5.74, 6) is -2.07. The summed E-state index contributed by atoms with van der Waals surface area (Å²) in [5, 5.41) is 3.09. The van der Waals surface area contributed by atoms with Gasteiger partial charge in [-0.15, -0.1) is 0 Å². The number of hydrogen-bond acceptors (Lipinski definition) is 3. The fourth-order valence-electron chi connectivity index (χ4n) is 3.74. The largest absolute Gasteiger partial charge is 0.349 e. The fourth-order valence-corrected chi connectivity index (χ4v) is 5.28. The van der Waals surface area contributed by atoms with E-state index in [0.29, 0.717) is 18.9 Å². The number of rotatable bonds is 6. The Hall–Kier alpha value is -2.32. The van der Waals surface area contributed by atoms with Gasteiger partial charge in [0.15, 0.2) is 0 Å². The van der Waals surface area contributed by atoms with Gasteiger partial charge in [0.1, 0.15) is 16.5 Å². The molecule has 1 atom stereocenters. The predicted molar refractivity (Wildman–Crippen MR) is 110 cm³/mol. The topological polar surface area (TPSA) is 66.5 Å². The lowest BCUT2D eigenvalue weighted by Crippen LogP contribution is -2.44. The zero-order valence-electron chi connectivity index (χ0n) is 17.0. The maximum Gasteiger partial charge on any atom is 0.246 e. The van der Waals surface area contributed by atoms with Crippen LogP contribution in [0.4, 0.5) is 8.78 Å². The van der Waals surface area contributed by atoms with E-state index in [1.165, 1.54) is 0 Å². The number of nitrogens with one attached hydrogen (secondary N) is 1. The number of carbonyl (C=O) groups excluding carboxylic acids is 1. The summed E-state index contributed by atoms with van der Waals surface area (Å²) in [7, 11) is -4.16. The van der Waals surface area contributed by atoms with Gasteiger partial charge in [-0.1, -0.05) is 44.2 Å². The minimum absolute atomic E-state index is 0.0774. The molecule has 1 aliphatic heterocycles. The molecular formula is C22H26F2N2O3S. The minimum Gasteiger partial charge on any atom is -0.349 e. The molecule has 2 aromatic carbocycles. The van der Waals surface area contributed by atoms with Crippen molar-refractivity contribution in [2.75, 3.05) is 13.1 Å². The molecule has 1 heterocycles. The summed E-state index contributed by atoms with van der Waals surface area (Å²) in [6.45, 7) is 4.21. The summed E-state index contributed by atoms with van der Waals surface area (Å²) in [5.41, 5.74) is 1.02. The average Bonchev–Trinajstić information content (AvgIpc) is 2.74. The van der Waals surface area contributed by atoms with E-state index < -0.39 is 26.6 Å². The highest BCUT2D eigenvalue weighted by Gasteiger charge is 2.34. The Morgan fingerprint density at radius 3 is 2.30 bits per heavy atom. The number of halogens is 2. The van der Waals surface area contributed by atoms with Crippen LogP contribution in [0.15, 0.2) is 53.4 Å². The van der Waals surface area contributed by atoms with E-state index in [1.54, 1.807) is 0 Å². The van der Waals surface area contributed by atoms with Crippen LogP contribution in [-0.2, 0) is 14.8 Å². The van der Waals surface area contributed by atoms with Gasteiger partial charge >= 0.3 is 0 Å². The van der Waals surface area contributed by atoms with Gasteiger partial charge in [-0.3, -0.25) is 4.79 Å². The van der Waals surface area contributed by atoms with Crippen LogP contribution in [0.2, 0.25) is 0 Å². The van der Waals surface area contributed by atoms with Crippen molar-refractivity contribution in [1.29, 1.82) is 0 Å². The van der Waals surface area contributed by atoms with Gasteiger partial charge < -0.3 is 5.32 Å². The monoisotopic (exact) mass is 436 g/mol. The van der Waals surface area contributed by atoms with Crippen LogP contribution in [0.25, 0.3) is 0 Å². The van der Waals surface area contributed by atoms with Crippen molar-refractivity contribution in [3.05, 3.63) is 65.7 Å². The highest BCUT2D eigenvalue weighted by molar-refractivity contribution is 7.89. The van der Waals surface area contributed by atoms with Crippen molar-refractivity contribution in [2.45, 2.75) is 37.6 Å². The Morgan fingerprint density at radius 1 is 1.07 bits per heavy atom. The van der Waals surface area contributed by atoms with Crippen molar-refractivity contribution in [1.82, 2.24) is 9.62 Å². The molecule has 0 bridgehead atoms. The van der Waals surface area contributed by atoms with Crippen molar-refractivity contribution in [3.8, 4) is 0 Å². The smallest absolute Gasteiger partial charge is 0.246 e. The molecule has 1 fully saturated rings. The zero-order valence-corrected chi connectivity index (χ0v) is 17.8. The molecular weight excluding hydrogens is 410 g/mol. The van der Waals surface area contributed by atoms with E-state index in [4.69, 9.17) is 0 Å². The van der Waals surface area contributed by atoms with E-state index in [0.717, 1.165) is 22.0 Å². The first kappa shape index (κ1) is 22.4. The number of carbonyl (C=O) groups is 1. The molecule has 0 spiro atoms. The molecule has 5 nitrogen and oxygen atoms in total. The van der Waals surface area contributed by atoms with Crippen LogP contribution in [0, 0.1) is 23.5 Å². The van der Waals surface area contributed by atoms with E-state index in [-0.39, 0.29) is 36.9 Å². The van der Waals surface area contributed by atoms with Crippen molar-refractivity contribution < 1.29 is 22.0 Å². The van der Waals surface area contributed by atoms with E-state index in [1.807, 2.05) is 44.2 Å². The maximum absolute atomic E-state index is 14.0. The van der Waals surface area contributed by atoms with Gasteiger partial charge in [-0.05, 0) is 42.5 Å². The number of hydrogen-bond donors (Lipinski definition) is 1. The lowest BCUT2D eigenvalue weighted by molar-refractivity contribution is -0.127. The van der Waals surface area contributed by atoms with Crippen molar-refractivity contribution in [2.24, 2.45) is 11.8 Å². The standard InChI is InChI=1S/C22H26F2N2O3S/c1-15(2)21(16-6-4-3-5-7-16)25-22(27)17-10-12-26(13-11-17)30(28,29)20-14-18(23)8-9-19(20)24/h3-9,14-15,17,21H,10-13H2,1-2H3,(H,25,27). The fraction of sp³-hybridized carbons (Fsp3) is 0.409. The maximum atomic E-state index is 14.0. The summed E-state index contributed by atoms with van der Waals surface area (Å²) >= 11 is 0. The second kappa shape index (κ2) is 9.22. The van der Waals surface area contributed by atoms with Crippen LogP contribution in [-0.4, -0.2) is 31.7 Å². The number of amides is 1. The lowest BCUT2D eigenvalue weighted by atomic mass is 9.93. The van der Waals surface area contributed by atoms with Crippen LogP contribution >= 0.6 is 0 Å². The molecule has 30 heavy (non-hydrogen) atoms. The number of sulfonamides is 1. The second-order valence-corrected chi connectivity index (χ2v) is 9.80. The van der Waals surface area contributed by atoms with Crippen molar-refractivity contribution >= 4 is 15.9 Å².